The maximum absolute atomic E-state index is 12.4. The van der Waals surface area contributed by atoms with Crippen molar-refractivity contribution in [1.29, 1.82) is 0 Å². The number of piperazine rings is 1. The van der Waals surface area contributed by atoms with Crippen molar-refractivity contribution in [3.8, 4) is 0 Å². The number of nitrogens with one attached hydrogen (secondary N) is 1. The second-order valence-corrected chi connectivity index (χ2v) is 4.87. The Morgan fingerprint density at radius 3 is 2.67 bits per heavy atom. The third kappa shape index (κ3) is 2.54. The van der Waals surface area contributed by atoms with Crippen LogP contribution in [0.5, 0.6) is 0 Å². The van der Waals surface area contributed by atoms with Crippen molar-refractivity contribution in [3.05, 3.63) is 29.8 Å². The number of amides is 1. The first-order chi connectivity index (χ1) is 8.63. The first-order valence-electron chi connectivity index (χ1n) is 6.37. The normalized spacial score (nSPS) is 24.4. The van der Waals surface area contributed by atoms with Crippen LogP contribution in [-0.2, 0) is 4.79 Å². The summed E-state index contributed by atoms with van der Waals surface area (Å²) >= 11 is 0. The number of carbonyl (C=O) groups is 1. The van der Waals surface area contributed by atoms with Crippen LogP contribution in [0.2, 0.25) is 0 Å². The fourth-order valence-electron chi connectivity index (χ4n) is 2.32. The summed E-state index contributed by atoms with van der Waals surface area (Å²) in [7, 11) is 0. The minimum Gasteiger partial charge on any atom is -0.396 e. The lowest BCUT2D eigenvalue weighted by atomic mass is 10.1. The van der Waals surface area contributed by atoms with Gasteiger partial charge < -0.3 is 15.3 Å². The van der Waals surface area contributed by atoms with Gasteiger partial charge in [0.15, 0.2) is 0 Å². The van der Waals surface area contributed by atoms with Crippen molar-refractivity contribution in [2.75, 3.05) is 18.1 Å². The smallest absolute Gasteiger partial charge is 0.244 e. The highest BCUT2D eigenvalue weighted by atomic mass is 16.3. The summed E-state index contributed by atoms with van der Waals surface area (Å²) in [5, 5.41) is 12.2. The van der Waals surface area contributed by atoms with Gasteiger partial charge in [0.2, 0.25) is 5.91 Å². The van der Waals surface area contributed by atoms with E-state index in [1.807, 2.05) is 43.0 Å². The fraction of sp³-hybridized carbons (Fsp3) is 0.500. The number of aryl methyl sites for hydroxylation is 1. The van der Waals surface area contributed by atoms with Gasteiger partial charge in [-0.15, -0.1) is 0 Å². The first kappa shape index (κ1) is 13.1. The van der Waals surface area contributed by atoms with Crippen LogP contribution in [0.15, 0.2) is 24.3 Å². The third-order valence-electron chi connectivity index (χ3n) is 3.37. The van der Waals surface area contributed by atoms with Gasteiger partial charge in [-0.1, -0.05) is 17.7 Å². The Kier molecular flexibility index (Phi) is 3.99. The van der Waals surface area contributed by atoms with Crippen LogP contribution in [0, 0.1) is 6.92 Å². The Balaban J connectivity index is 2.23. The molecule has 1 saturated heterocycles. The minimum atomic E-state index is -0.271. The zero-order valence-electron chi connectivity index (χ0n) is 10.9. The van der Waals surface area contributed by atoms with Gasteiger partial charge in [-0.2, -0.15) is 0 Å². The topological polar surface area (TPSA) is 52.6 Å². The molecule has 0 bridgehead atoms. The number of nitrogens with zero attached hydrogens (tertiary/aromatic N) is 1. The number of aliphatic hydroxyl groups is 1. The Morgan fingerprint density at radius 1 is 1.39 bits per heavy atom. The second kappa shape index (κ2) is 5.50. The molecule has 1 aliphatic rings. The van der Waals surface area contributed by atoms with Crippen molar-refractivity contribution in [2.45, 2.75) is 32.4 Å². The summed E-state index contributed by atoms with van der Waals surface area (Å²) < 4.78 is 0. The van der Waals surface area contributed by atoms with Crippen LogP contribution < -0.4 is 10.2 Å². The van der Waals surface area contributed by atoms with Crippen LogP contribution in [0.3, 0.4) is 0 Å². The zero-order valence-corrected chi connectivity index (χ0v) is 10.9. The van der Waals surface area contributed by atoms with Gasteiger partial charge in [-0.3, -0.25) is 4.79 Å². The largest absolute Gasteiger partial charge is 0.396 e. The zero-order chi connectivity index (χ0) is 13.1. The first-order valence-corrected chi connectivity index (χ1v) is 6.37. The summed E-state index contributed by atoms with van der Waals surface area (Å²) in [4.78, 5) is 14.2. The lowest BCUT2D eigenvalue weighted by Crippen LogP contribution is -2.59. The monoisotopic (exact) mass is 248 g/mol. The van der Waals surface area contributed by atoms with Crippen LogP contribution in [-0.4, -0.2) is 36.2 Å². The predicted molar refractivity (Wildman–Crippen MR) is 71.6 cm³/mol. The average Bonchev–Trinajstić information content (AvgIpc) is 2.35. The van der Waals surface area contributed by atoms with E-state index in [0.29, 0.717) is 6.42 Å². The van der Waals surface area contributed by atoms with E-state index in [1.54, 1.807) is 0 Å². The molecule has 4 nitrogen and oxygen atoms in total. The quantitative estimate of drug-likeness (QED) is 0.841. The fourth-order valence-corrected chi connectivity index (χ4v) is 2.32. The number of rotatable bonds is 3. The average molecular weight is 248 g/mol. The van der Waals surface area contributed by atoms with Crippen molar-refractivity contribution < 1.29 is 9.90 Å². The Bertz CT molecular complexity index is 416. The van der Waals surface area contributed by atoms with Gasteiger partial charge in [0.25, 0.3) is 0 Å². The number of hydrogen-bond acceptors (Lipinski definition) is 3. The summed E-state index contributed by atoms with van der Waals surface area (Å²) in [5.41, 5.74) is 2.11. The number of anilines is 1. The standard InChI is InChI=1S/C14H20N2O2/c1-10-3-5-12(6-4-10)16-11(2)9-15-13(7-8-17)14(16)18/h3-6,11,13,15,17H,7-9H2,1-2H3. The molecule has 2 N–H and O–H groups in total. The maximum atomic E-state index is 12.4. The minimum absolute atomic E-state index is 0.0273. The predicted octanol–water partition coefficient (Wildman–Crippen LogP) is 1.07. The van der Waals surface area contributed by atoms with E-state index >= 15 is 0 Å². The van der Waals surface area contributed by atoms with Gasteiger partial charge in [0, 0.05) is 24.9 Å². The molecule has 0 aromatic heterocycles. The molecule has 1 aromatic rings. The second-order valence-electron chi connectivity index (χ2n) is 4.87. The van der Waals surface area contributed by atoms with Gasteiger partial charge >= 0.3 is 0 Å². The highest BCUT2D eigenvalue weighted by Crippen LogP contribution is 2.21. The van der Waals surface area contributed by atoms with Crippen LogP contribution in [0.4, 0.5) is 5.69 Å². The van der Waals surface area contributed by atoms with E-state index in [-0.39, 0.29) is 24.6 Å². The summed E-state index contributed by atoms with van der Waals surface area (Å²) in [6.07, 6.45) is 0.466. The van der Waals surface area contributed by atoms with Gasteiger partial charge in [0.1, 0.15) is 0 Å². The Morgan fingerprint density at radius 2 is 2.06 bits per heavy atom. The third-order valence-corrected chi connectivity index (χ3v) is 3.37. The summed E-state index contributed by atoms with van der Waals surface area (Å²) in [6.45, 7) is 4.84. The molecular weight excluding hydrogens is 228 g/mol. The SMILES string of the molecule is Cc1ccc(N2C(=O)C(CCO)NCC2C)cc1. The molecule has 18 heavy (non-hydrogen) atoms. The van der Waals surface area contributed by atoms with Crippen molar-refractivity contribution in [1.82, 2.24) is 5.32 Å². The lowest BCUT2D eigenvalue weighted by molar-refractivity contribution is -0.122. The van der Waals surface area contributed by atoms with Crippen molar-refractivity contribution in [2.24, 2.45) is 0 Å². The van der Waals surface area contributed by atoms with E-state index in [4.69, 9.17) is 5.11 Å². The Hall–Kier alpha value is -1.39. The molecule has 1 amide bonds. The van der Waals surface area contributed by atoms with Gasteiger partial charge in [-0.05, 0) is 32.4 Å². The van der Waals surface area contributed by atoms with E-state index in [2.05, 4.69) is 5.32 Å². The van der Waals surface area contributed by atoms with E-state index in [9.17, 15) is 4.79 Å². The maximum Gasteiger partial charge on any atom is 0.244 e. The summed E-state index contributed by atoms with van der Waals surface area (Å²) in [5.74, 6) is 0.0478. The molecule has 1 fully saturated rings. The van der Waals surface area contributed by atoms with Crippen LogP contribution >= 0.6 is 0 Å². The molecule has 1 heterocycles. The molecule has 2 atom stereocenters. The van der Waals surface area contributed by atoms with Crippen molar-refractivity contribution in [3.63, 3.8) is 0 Å². The molecule has 2 unspecified atom stereocenters. The molecule has 1 aromatic carbocycles. The molecule has 1 aliphatic heterocycles. The number of carbonyl (C=O) groups excluding carboxylic acids is 1. The van der Waals surface area contributed by atoms with Crippen molar-refractivity contribution >= 4 is 11.6 Å². The van der Waals surface area contributed by atoms with Gasteiger partial charge in [0.05, 0.1) is 6.04 Å². The molecule has 0 spiro atoms. The lowest BCUT2D eigenvalue weighted by Gasteiger charge is -2.38. The van der Waals surface area contributed by atoms with Gasteiger partial charge in [-0.25, -0.2) is 0 Å². The van der Waals surface area contributed by atoms with Crippen LogP contribution in [0.1, 0.15) is 18.9 Å². The summed E-state index contributed by atoms with van der Waals surface area (Å²) in [6, 6.07) is 7.84. The Labute approximate surface area is 108 Å². The molecular formula is C14H20N2O2. The molecule has 0 saturated carbocycles. The van der Waals surface area contributed by atoms with E-state index in [1.165, 1.54) is 5.56 Å². The molecule has 98 valence electrons. The molecule has 0 aliphatic carbocycles. The highest BCUT2D eigenvalue weighted by molar-refractivity contribution is 5.98. The highest BCUT2D eigenvalue weighted by Gasteiger charge is 2.33. The number of aliphatic hydroxyl groups excluding tert-OH is 1. The van der Waals surface area contributed by atoms with E-state index in [0.717, 1.165) is 12.2 Å². The molecule has 0 radical (unpaired) electrons. The molecule has 2 rings (SSSR count). The number of hydrogen-bond donors (Lipinski definition) is 2. The molecule has 4 heteroatoms. The van der Waals surface area contributed by atoms with Crippen LogP contribution in [0.25, 0.3) is 0 Å². The van der Waals surface area contributed by atoms with E-state index < -0.39 is 0 Å². The number of benzene rings is 1.